The van der Waals surface area contributed by atoms with Crippen LogP contribution in [0.15, 0.2) is 17.6 Å². The Morgan fingerprint density at radius 3 is 2.59 bits per heavy atom. The summed E-state index contributed by atoms with van der Waals surface area (Å²) in [4.78, 5) is 24.5. The number of rotatable bonds is 4. The molecule has 1 aliphatic heterocycles. The van der Waals surface area contributed by atoms with E-state index in [2.05, 4.69) is 19.6 Å². The zero-order chi connectivity index (χ0) is 19.6. The SMILES string of the molecule is Cc1csc(N2CCN(C(=O)c3cnc(OCC(F)(F)F)c(Cl)c3)CC2)n1. The number of carbonyl (C=O) groups is 1. The minimum Gasteiger partial charge on any atom is -0.467 e. The molecule has 2 aromatic rings. The Bertz CT molecular complexity index is 822. The van der Waals surface area contributed by atoms with E-state index in [1.165, 1.54) is 12.3 Å². The van der Waals surface area contributed by atoms with E-state index >= 15 is 0 Å². The van der Waals surface area contributed by atoms with Crippen LogP contribution < -0.4 is 9.64 Å². The number of thiazole rings is 1. The van der Waals surface area contributed by atoms with Crippen molar-refractivity contribution in [1.29, 1.82) is 0 Å². The number of nitrogens with zero attached hydrogens (tertiary/aromatic N) is 4. The van der Waals surface area contributed by atoms with E-state index < -0.39 is 12.8 Å². The van der Waals surface area contributed by atoms with Gasteiger partial charge in [0.25, 0.3) is 5.91 Å². The summed E-state index contributed by atoms with van der Waals surface area (Å²) in [6.07, 6.45) is -3.31. The van der Waals surface area contributed by atoms with Gasteiger partial charge in [-0.25, -0.2) is 9.97 Å². The zero-order valence-electron chi connectivity index (χ0n) is 14.3. The molecule has 2 aromatic heterocycles. The standard InChI is InChI=1S/C16H16ClF3N4O2S/c1-10-8-27-15(22-10)24-4-2-23(3-5-24)14(25)11-6-12(17)13(21-7-11)26-9-16(18,19)20/h6-8H,2-5,9H2,1H3. The molecule has 0 atom stereocenters. The van der Waals surface area contributed by atoms with Gasteiger partial charge in [-0.2, -0.15) is 13.2 Å². The quantitative estimate of drug-likeness (QED) is 0.758. The first kappa shape index (κ1) is 19.7. The molecular weight excluding hydrogens is 405 g/mol. The molecule has 0 spiro atoms. The normalized spacial score (nSPS) is 15.1. The summed E-state index contributed by atoms with van der Waals surface area (Å²) in [6, 6.07) is 1.28. The van der Waals surface area contributed by atoms with Gasteiger partial charge in [-0.1, -0.05) is 11.6 Å². The predicted molar refractivity (Wildman–Crippen MR) is 95.8 cm³/mol. The highest BCUT2D eigenvalue weighted by Gasteiger charge is 2.29. The number of carbonyl (C=O) groups excluding carboxylic acids is 1. The van der Waals surface area contributed by atoms with Gasteiger partial charge in [0.1, 0.15) is 5.02 Å². The molecule has 27 heavy (non-hydrogen) atoms. The van der Waals surface area contributed by atoms with Crippen LogP contribution in [0.4, 0.5) is 18.3 Å². The van der Waals surface area contributed by atoms with Crippen molar-refractivity contribution in [1.82, 2.24) is 14.9 Å². The highest BCUT2D eigenvalue weighted by atomic mass is 35.5. The fourth-order valence-corrected chi connectivity index (χ4v) is 3.65. The Kier molecular flexibility index (Phi) is 5.75. The van der Waals surface area contributed by atoms with Crippen LogP contribution in [0.5, 0.6) is 5.88 Å². The summed E-state index contributed by atoms with van der Waals surface area (Å²) >= 11 is 7.47. The van der Waals surface area contributed by atoms with E-state index in [1.54, 1.807) is 16.2 Å². The molecule has 1 saturated heterocycles. The monoisotopic (exact) mass is 420 g/mol. The fourth-order valence-electron chi connectivity index (χ4n) is 2.57. The number of aryl methyl sites for hydroxylation is 1. The third kappa shape index (κ3) is 5.01. The van der Waals surface area contributed by atoms with Gasteiger partial charge in [0.05, 0.1) is 11.3 Å². The van der Waals surface area contributed by atoms with Gasteiger partial charge in [-0.3, -0.25) is 4.79 Å². The van der Waals surface area contributed by atoms with Gasteiger partial charge in [0, 0.05) is 37.8 Å². The van der Waals surface area contributed by atoms with E-state index in [0.29, 0.717) is 26.2 Å². The van der Waals surface area contributed by atoms with Crippen LogP contribution in [-0.4, -0.2) is 59.7 Å². The van der Waals surface area contributed by atoms with Crippen molar-refractivity contribution < 1.29 is 22.7 Å². The summed E-state index contributed by atoms with van der Waals surface area (Å²) < 4.78 is 41.2. The molecule has 0 aliphatic carbocycles. The van der Waals surface area contributed by atoms with Gasteiger partial charge >= 0.3 is 6.18 Å². The zero-order valence-corrected chi connectivity index (χ0v) is 15.9. The van der Waals surface area contributed by atoms with Crippen LogP contribution in [0.1, 0.15) is 16.1 Å². The van der Waals surface area contributed by atoms with Crippen LogP contribution >= 0.6 is 22.9 Å². The molecular formula is C16H16ClF3N4O2S. The predicted octanol–water partition coefficient (Wildman–Crippen LogP) is 3.40. The Labute approximate surface area is 162 Å². The number of amides is 1. The van der Waals surface area contributed by atoms with Crippen molar-refractivity contribution in [3.05, 3.63) is 33.9 Å². The topological polar surface area (TPSA) is 58.6 Å². The Balaban J connectivity index is 1.60. The second-order valence-electron chi connectivity index (χ2n) is 5.97. The van der Waals surface area contributed by atoms with E-state index in [9.17, 15) is 18.0 Å². The van der Waals surface area contributed by atoms with Crippen LogP contribution in [0, 0.1) is 6.92 Å². The maximum atomic E-state index is 12.6. The van der Waals surface area contributed by atoms with Crippen LogP contribution in [0.2, 0.25) is 5.02 Å². The minimum absolute atomic E-state index is 0.137. The van der Waals surface area contributed by atoms with Crippen molar-refractivity contribution in [2.45, 2.75) is 13.1 Å². The van der Waals surface area contributed by atoms with Gasteiger partial charge in [0.15, 0.2) is 11.7 Å². The highest BCUT2D eigenvalue weighted by molar-refractivity contribution is 7.13. The fraction of sp³-hybridized carbons (Fsp3) is 0.438. The van der Waals surface area contributed by atoms with E-state index in [1.807, 2.05) is 12.3 Å². The molecule has 0 saturated carbocycles. The number of hydrogen-bond acceptors (Lipinski definition) is 6. The van der Waals surface area contributed by atoms with E-state index in [4.69, 9.17) is 11.6 Å². The van der Waals surface area contributed by atoms with Crippen molar-refractivity contribution in [2.24, 2.45) is 0 Å². The van der Waals surface area contributed by atoms with Crippen LogP contribution in [-0.2, 0) is 0 Å². The molecule has 6 nitrogen and oxygen atoms in total. The lowest BCUT2D eigenvalue weighted by molar-refractivity contribution is -0.154. The van der Waals surface area contributed by atoms with E-state index in [-0.39, 0.29) is 22.4 Å². The molecule has 0 radical (unpaired) electrons. The average Bonchev–Trinajstić information content (AvgIpc) is 3.06. The second kappa shape index (κ2) is 7.89. The number of pyridine rings is 1. The average molecular weight is 421 g/mol. The number of alkyl halides is 3. The molecule has 1 aliphatic rings. The molecule has 3 rings (SSSR count). The van der Waals surface area contributed by atoms with E-state index in [0.717, 1.165) is 10.8 Å². The van der Waals surface area contributed by atoms with Gasteiger partial charge in [-0.05, 0) is 13.0 Å². The molecule has 0 N–H and O–H groups in total. The third-order valence-electron chi connectivity index (χ3n) is 3.87. The van der Waals surface area contributed by atoms with Crippen molar-refractivity contribution >= 4 is 34.0 Å². The summed E-state index contributed by atoms with van der Waals surface area (Å²) in [5.74, 6) is -0.628. The third-order valence-corrected chi connectivity index (χ3v) is 5.16. The van der Waals surface area contributed by atoms with Crippen molar-refractivity contribution in [3.63, 3.8) is 0 Å². The molecule has 1 amide bonds. The van der Waals surface area contributed by atoms with Gasteiger partial charge in [-0.15, -0.1) is 11.3 Å². The number of piperazine rings is 1. The smallest absolute Gasteiger partial charge is 0.422 e. The van der Waals surface area contributed by atoms with Crippen molar-refractivity contribution in [3.8, 4) is 5.88 Å². The number of ether oxygens (including phenoxy) is 1. The molecule has 0 bridgehead atoms. The molecule has 3 heterocycles. The molecule has 1 fully saturated rings. The first-order valence-corrected chi connectivity index (χ1v) is 9.30. The molecule has 0 aromatic carbocycles. The summed E-state index contributed by atoms with van der Waals surface area (Å²) in [7, 11) is 0. The number of hydrogen-bond donors (Lipinski definition) is 0. The number of halogens is 4. The minimum atomic E-state index is -4.49. The number of aromatic nitrogens is 2. The lowest BCUT2D eigenvalue weighted by Crippen LogP contribution is -2.48. The van der Waals surface area contributed by atoms with Gasteiger partial charge in [0.2, 0.25) is 5.88 Å². The first-order valence-electron chi connectivity index (χ1n) is 8.04. The Hall–Kier alpha value is -2.07. The lowest BCUT2D eigenvalue weighted by atomic mass is 10.2. The lowest BCUT2D eigenvalue weighted by Gasteiger charge is -2.34. The first-order chi connectivity index (χ1) is 12.7. The largest absolute Gasteiger partial charge is 0.467 e. The Morgan fingerprint density at radius 1 is 1.33 bits per heavy atom. The van der Waals surface area contributed by atoms with Crippen LogP contribution in [0.25, 0.3) is 0 Å². The highest BCUT2D eigenvalue weighted by Crippen LogP contribution is 2.26. The van der Waals surface area contributed by atoms with Crippen molar-refractivity contribution in [2.75, 3.05) is 37.7 Å². The molecule has 11 heteroatoms. The Morgan fingerprint density at radius 2 is 2.04 bits per heavy atom. The number of anilines is 1. The summed E-state index contributed by atoms with van der Waals surface area (Å²) in [6.45, 7) is 2.73. The van der Waals surface area contributed by atoms with Gasteiger partial charge < -0.3 is 14.5 Å². The summed E-state index contributed by atoms with van der Waals surface area (Å²) in [5, 5.41) is 2.76. The van der Waals surface area contributed by atoms with Crippen LogP contribution in [0.3, 0.4) is 0 Å². The second-order valence-corrected chi connectivity index (χ2v) is 7.21. The molecule has 0 unspecified atom stereocenters. The maximum Gasteiger partial charge on any atom is 0.422 e. The summed E-state index contributed by atoms with van der Waals surface area (Å²) in [5.41, 5.74) is 1.17. The maximum absolute atomic E-state index is 12.6. The molecule has 146 valence electrons.